The predicted molar refractivity (Wildman–Crippen MR) is 100.0 cm³/mol. The monoisotopic (exact) mass is 322 g/mol. The highest BCUT2D eigenvalue weighted by atomic mass is 14.9. The Bertz CT molecular complexity index is 1140. The fourth-order valence-electron chi connectivity index (χ4n) is 5.50. The van der Waals surface area contributed by atoms with Crippen molar-refractivity contribution in [2.45, 2.75) is 26.2 Å². The van der Waals surface area contributed by atoms with Crippen molar-refractivity contribution in [3.8, 4) is 22.5 Å². The molecule has 2 nitrogen and oxygen atoms in total. The van der Waals surface area contributed by atoms with Gasteiger partial charge in [0.2, 0.25) is 0 Å². The standard InChI is InChI=1S/C23H18N2/c1-22(23-10-14(23)11-23)9-8-17-18(12-22)25-21-16-7-3-5-13-4-2-6-15(19(13)16)20(21)24-17/h2-9,14H,10-12H2,1H3. The minimum Gasteiger partial charge on any atom is -0.248 e. The second kappa shape index (κ2) is 3.70. The summed E-state index contributed by atoms with van der Waals surface area (Å²) in [6.07, 6.45) is 8.57. The molecule has 0 N–H and O–H groups in total. The molecule has 1 heterocycles. The summed E-state index contributed by atoms with van der Waals surface area (Å²) in [5, 5.41) is 2.60. The maximum Gasteiger partial charge on any atom is 0.0979 e. The molecule has 120 valence electrons. The van der Waals surface area contributed by atoms with E-state index in [-0.39, 0.29) is 5.41 Å². The van der Waals surface area contributed by atoms with Crippen molar-refractivity contribution in [1.29, 1.82) is 0 Å². The molecule has 2 heteroatoms. The first-order chi connectivity index (χ1) is 12.2. The highest BCUT2D eigenvalue weighted by Gasteiger charge is 2.76. The van der Waals surface area contributed by atoms with Crippen LogP contribution >= 0.6 is 0 Å². The highest BCUT2D eigenvalue weighted by molar-refractivity contribution is 6.13. The normalized spacial score (nSPS) is 32.3. The third-order valence-electron chi connectivity index (χ3n) is 7.38. The number of allylic oxidation sites excluding steroid dienone is 1. The van der Waals surface area contributed by atoms with Crippen molar-refractivity contribution in [1.82, 2.24) is 9.97 Å². The molecule has 3 aromatic rings. The Labute approximate surface area is 146 Å². The molecule has 1 unspecified atom stereocenters. The summed E-state index contributed by atoms with van der Waals surface area (Å²) >= 11 is 0. The Morgan fingerprint density at radius 3 is 2.32 bits per heavy atom. The number of fused-ring (bicyclic) bond motifs is 5. The summed E-state index contributed by atoms with van der Waals surface area (Å²) in [5.74, 6) is 0.990. The molecule has 0 saturated heterocycles. The minimum atomic E-state index is 0.283. The molecule has 2 aromatic carbocycles. The Kier molecular flexibility index (Phi) is 1.90. The van der Waals surface area contributed by atoms with Crippen molar-refractivity contribution >= 4 is 16.8 Å². The molecule has 4 aliphatic rings. The lowest BCUT2D eigenvalue weighted by atomic mass is 9.72. The fraction of sp³-hybridized carbons (Fsp3) is 0.304. The summed E-state index contributed by atoms with van der Waals surface area (Å²) in [6, 6.07) is 13.0. The number of hydrogen-bond acceptors (Lipinski definition) is 2. The molecule has 2 fully saturated rings. The van der Waals surface area contributed by atoms with Gasteiger partial charge in [0.25, 0.3) is 0 Å². The van der Waals surface area contributed by atoms with E-state index in [0.29, 0.717) is 5.41 Å². The SMILES string of the molecule is CC1(C23CC2C3)C=Cc2nc3c(nc2C1)-c1cccc2cccc-3c12. The quantitative estimate of drug-likeness (QED) is 0.477. The molecule has 0 amide bonds. The van der Waals surface area contributed by atoms with E-state index in [9.17, 15) is 0 Å². The molecule has 0 aliphatic heterocycles. The maximum absolute atomic E-state index is 5.18. The van der Waals surface area contributed by atoms with Crippen LogP contribution in [-0.4, -0.2) is 9.97 Å². The van der Waals surface area contributed by atoms with Crippen LogP contribution in [0.2, 0.25) is 0 Å². The van der Waals surface area contributed by atoms with Gasteiger partial charge in [-0.15, -0.1) is 0 Å². The van der Waals surface area contributed by atoms with Crippen LogP contribution in [0, 0.1) is 16.7 Å². The van der Waals surface area contributed by atoms with E-state index >= 15 is 0 Å². The van der Waals surface area contributed by atoms with Crippen LogP contribution in [0.5, 0.6) is 0 Å². The van der Waals surface area contributed by atoms with Crippen LogP contribution in [0.25, 0.3) is 39.4 Å². The van der Waals surface area contributed by atoms with Gasteiger partial charge < -0.3 is 0 Å². The van der Waals surface area contributed by atoms with Gasteiger partial charge in [-0.2, -0.15) is 0 Å². The average Bonchev–Trinajstić information content (AvgIpc) is 3.48. The molecule has 4 aliphatic carbocycles. The molecular formula is C23H18N2. The van der Waals surface area contributed by atoms with Crippen LogP contribution < -0.4 is 0 Å². The van der Waals surface area contributed by atoms with Gasteiger partial charge in [-0.05, 0) is 41.1 Å². The third kappa shape index (κ3) is 1.36. The van der Waals surface area contributed by atoms with Crippen molar-refractivity contribution in [2.75, 3.05) is 0 Å². The number of nitrogens with zero attached hydrogens (tertiary/aromatic N) is 2. The summed E-state index contributed by atoms with van der Waals surface area (Å²) in [6.45, 7) is 2.43. The zero-order valence-electron chi connectivity index (χ0n) is 14.2. The van der Waals surface area contributed by atoms with E-state index in [0.717, 1.165) is 29.4 Å². The Morgan fingerprint density at radius 1 is 0.960 bits per heavy atom. The van der Waals surface area contributed by atoms with Gasteiger partial charge >= 0.3 is 0 Å². The van der Waals surface area contributed by atoms with Gasteiger partial charge in [0.15, 0.2) is 0 Å². The van der Waals surface area contributed by atoms with Crippen LogP contribution in [0.3, 0.4) is 0 Å². The maximum atomic E-state index is 5.18. The number of aromatic nitrogens is 2. The van der Waals surface area contributed by atoms with Crippen molar-refractivity contribution in [3.63, 3.8) is 0 Å². The van der Waals surface area contributed by atoms with E-state index in [2.05, 4.69) is 55.5 Å². The summed E-state index contributed by atoms with van der Waals surface area (Å²) in [7, 11) is 0. The summed E-state index contributed by atoms with van der Waals surface area (Å²) in [5.41, 5.74) is 7.80. The van der Waals surface area contributed by atoms with E-state index in [1.807, 2.05) is 0 Å². The van der Waals surface area contributed by atoms with Gasteiger partial charge in [-0.1, -0.05) is 49.4 Å². The summed E-state index contributed by atoms with van der Waals surface area (Å²) in [4.78, 5) is 10.2. The van der Waals surface area contributed by atoms with Gasteiger partial charge in [0, 0.05) is 22.9 Å². The van der Waals surface area contributed by atoms with Gasteiger partial charge in [0.05, 0.1) is 22.8 Å². The minimum absolute atomic E-state index is 0.283. The average molecular weight is 322 g/mol. The van der Waals surface area contributed by atoms with E-state index in [1.54, 1.807) is 0 Å². The second-order valence-corrected chi connectivity index (χ2v) is 8.65. The lowest BCUT2D eigenvalue weighted by Gasteiger charge is -2.33. The number of benzene rings is 2. The lowest BCUT2D eigenvalue weighted by Crippen LogP contribution is -2.27. The molecule has 25 heavy (non-hydrogen) atoms. The smallest absolute Gasteiger partial charge is 0.0979 e. The third-order valence-corrected chi connectivity index (χ3v) is 7.38. The Hall–Kier alpha value is -2.48. The number of hydrogen-bond donors (Lipinski definition) is 0. The largest absolute Gasteiger partial charge is 0.248 e. The Balaban J connectivity index is 1.46. The molecular weight excluding hydrogens is 304 g/mol. The first-order valence-electron chi connectivity index (χ1n) is 9.31. The molecule has 0 bridgehead atoms. The van der Waals surface area contributed by atoms with E-state index < -0.39 is 0 Å². The molecule has 2 saturated carbocycles. The zero-order valence-corrected chi connectivity index (χ0v) is 14.2. The van der Waals surface area contributed by atoms with Crippen molar-refractivity contribution < 1.29 is 0 Å². The van der Waals surface area contributed by atoms with Crippen molar-refractivity contribution in [3.05, 3.63) is 53.9 Å². The van der Waals surface area contributed by atoms with Crippen LogP contribution in [0.4, 0.5) is 0 Å². The predicted octanol–water partition coefficient (Wildman–Crippen LogP) is 5.26. The topological polar surface area (TPSA) is 25.8 Å². The first-order valence-corrected chi connectivity index (χ1v) is 9.31. The van der Waals surface area contributed by atoms with Crippen LogP contribution in [0.1, 0.15) is 31.2 Å². The van der Waals surface area contributed by atoms with Gasteiger partial charge in [-0.3, -0.25) is 0 Å². The first kappa shape index (κ1) is 12.8. The van der Waals surface area contributed by atoms with Gasteiger partial charge in [0.1, 0.15) is 0 Å². The highest BCUT2D eigenvalue weighted by Crippen LogP contribution is 2.83. The second-order valence-electron chi connectivity index (χ2n) is 8.65. The molecule has 1 aromatic heterocycles. The Morgan fingerprint density at radius 2 is 1.64 bits per heavy atom. The molecule has 0 spiro atoms. The summed E-state index contributed by atoms with van der Waals surface area (Å²) < 4.78 is 0. The van der Waals surface area contributed by atoms with Gasteiger partial charge in [-0.25, -0.2) is 9.97 Å². The fourth-order valence-corrected chi connectivity index (χ4v) is 5.50. The van der Waals surface area contributed by atoms with Crippen LogP contribution in [-0.2, 0) is 6.42 Å². The zero-order chi connectivity index (χ0) is 16.4. The van der Waals surface area contributed by atoms with Crippen LogP contribution in [0.15, 0.2) is 42.5 Å². The lowest BCUT2D eigenvalue weighted by molar-refractivity contribution is 0.289. The van der Waals surface area contributed by atoms with E-state index in [1.165, 1.54) is 40.4 Å². The number of rotatable bonds is 1. The van der Waals surface area contributed by atoms with Crippen molar-refractivity contribution in [2.24, 2.45) is 16.7 Å². The van der Waals surface area contributed by atoms with E-state index in [4.69, 9.17) is 9.97 Å². The molecule has 1 atom stereocenters. The molecule has 0 radical (unpaired) electrons. The molecule has 7 rings (SSSR count).